The van der Waals surface area contributed by atoms with Gasteiger partial charge in [0.25, 0.3) is 11.5 Å². The third-order valence-corrected chi connectivity index (χ3v) is 5.21. The summed E-state index contributed by atoms with van der Waals surface area (Å²) in [4.78, 5) is 37.3. The van der Waals surface area contributed by atoms with Crippen LogP contribution >= 0.6 is 11.3 Å². The molecule has 0 spiro atoms. The maximum atomic E-state index is 13.0. The number of benzene rings is 1. The van der Waals surface area contributed by atoms with Gasteiger partial charge < -0.3 is 14.5 Å². The Bertz CT molecular complexity index is 1290. The van der Waals surface area contributed by atoms with Crippen molar-refractivity contribution in [2.45, 2.75) is 13.5 Å². The number of methoxy groups -OCH3 is 1. The maximum absolute atomic E-state index is 13.0. The van der Waals surface area contributed by atoms with E-state index in [9.17, 15) is 19.6 Å². The third kappa shape index (κ3) is 4.39. The summed E-state index contributed by atoms with van der Waals surface area (Å²) >= 11 is 0.863. The minimum absolute atomic E-state index is 0.0454. The van der Waals surface area contributed by atoms with Crippen LogP contribution in [0.15, 0.2) is 51.9 Å². The molecule has 8 nitrogen and oxygen atoms in total. The smallest absolute Gasteiger partial charge is 0.332 e. The van der Waals surface area contributed by atoms with Crippen LogP contribution in [-0.2, 0) is 20.9 Å². The Labute approximate surface area is 174 Å². The van der Waals surface area contributed by atoms with Crippen LogP contribution in [0.4, 0.5) is 0 Å². The molecule has 9 heteroatoms. The van der Waals surface area contributed by atoms with Crippen molar-refractivity contribution in [2.75, 3.05) is 7.11 Å². The second-order valence-electron chi connectivity index (χ2n) is 6.16. The Morgan fingerprint density at radius 2 is 2.03 bits per heavy atom. The van der Waals surface area contributed by atoms with Crippen LogP contribution in [0.5, 0.6) is 0 Å². The van der Waals surface area contributed by atoms with Crippen molar-refractivity contribution in [3.05, 3.63) is 73.5 Å². The molecule has 0 saturated heterocycles. The predicted octanol–water partition coefficient (Wildman–Crippen LogP) is 0.745. The van der Waals surface area contributed by atoms with Gasteiger partial charge in [0.1, 0.15) is 21.0 Å². The summed E-state index contributed by atoms with van der Waals surface area (Å²) in [6.45, 7) is 1.98. The fourth-order valence-electron chi connectivity index (χ4n) is 2.61. The first-order chi connectivity index (χ1) is 14.4. The molecule has 2 heterocycles. The van der Waals surface area contributed by atoms with E-state index < -0.39 is 17.4 Å². The Balaban J connectivity index is 2.20. The molecule has 0 atom stereocenters. The van der Waals surface area contributed by atoms with Crippen molar-refractivity contribution >= 4 is 34.9 Å². The number of nitrogens with one attached hydrogen (secondary N) is 1. The van der Waals surface area contributed by atoms with Gasteiger partial charge in [0.2, 0.25) is 0 Å². The standard InChI is InChI=1S/C21H17N3O5S/c1-13-5-7-14(8-6-13)24-20(27)17(10-18(25)28-2)30-21(24)16(11-22)19(26)23-12-15-4-3-9-29-15/h3-10H,12H2,1-2H3,(H,23,26)/b17-10-,21-16-. The first-order valence-electron chi connectivity index (χ1n) is 8.78. The van der Waals surface area contributed by atoms with Gasteiger partial charge in [0, 0.05) is 6.08 Å². The Morgan fingerprint density at radius 3 is 2.63 bits per heavy atom. The fraction of sp³-hybridized carbons (Fsp3) is 0.143. The summed E-state index contributed by atoms with van der Waals surface area (Å²) in [5.41, 5.74) is 0.656. The summed E-state index contributed by atoms with van der Waals surface area (Å²) in [5.74, 6) is -0.861. The molecule has 0 aliphatic rings. The summed E-state index contributed by atoms with van der Waals surface area (Å²) in [6.07, 6.45) is 2.51. The fourth-order valence-corrected chi connectivity index (χ4v) is 3.67. The van der Waals surface area contributed by atoms with E-state index in [-0.39, 0.29) is 21.3 Å². The zero-order valence-electron chi connectivity index (χ0n) is 16.2. The SMILES string of the molecule is COC(=O)/C=c1\s/c(=C(/C#N)C(=O)NCc2ccco2)n(-c2ccc(C)cc2)c1=O. The van der Waals surface area contributed by atoms with Crippen LogP contribution in [-0.4, -0.2) is 23.6 Å². The number of ether oxygens (including phenoxy) is 1. The lowest BCUT2D eigenvalue weighted by Gasteiger charge is -2.05. The molecule has 1 aromatic carbocycles. The Hall–Kier alpha value is -3.90. The number of aryl methyl sites for hydroxylation is 1. The van der Waals surface area contributed by atoms with E-state index in [1.165, 1.54) is 17.9 Å². The average molecular weight is 423 g/mol. The van der Waals surface area contributed by atoms with E-state index in [0.29, 0.717) is 11.4 Å². The molecule has 152 valence electrons. The van der Waals surface area contributed by atoms with Crippen LogP contribution in [0, 0.1) is 18.3 Å². The van der Waals surface area contributed by atoms with E-state index in [1.807, 2.05) is 13.0 Å². The van der Waals surface area contributed by atoms with Gasteiger partial charge in [-0.05, 0) is 31.2 Å². The van der Waals surface area contributed by atoms with Crippen molar-refractivity contribution in [1.29, 1.82) is 5.26 Å². The number of hydrogen-bond acceptors (Lipinski definition) is 7. The second kappa shape index (κ2) is 9.07. The molecule has 1 N–H and O–H groups in total. The summed E-state index contributed by atoms with van der Waals surface area (Å²) in [7, 11) is 1.20. The lowest BCUT2D eigenvalue weighted by molar-refractivity contribution is -0.133. The molecular weight excluding hydrogens is 406 g/mol. The molecule has 3 aromatic rings. The highest BCUT2D eigenvalue weighted by molar-refractivity contribution is 7.07. The van der Waals surface area contributed by atoms with E-state index >= 15 is 0 Å². The lowest BCUT2D eigenvalue weighted by atomic mass is 10.2. The highest BCUT2D eigenvalue weighted by Crippen LogP contribution is 2.07. The van der Waals surface area contributed by atoms with Gasteiger partial charge in [-0.3, -0.25) is 14.2 Å². The maximum Gasteiger partial charge on any atom is 0.332 e. The molecule has 0 bridgehead atoms. The lowest BCUT2D eigenvalue weighted by Crippen LogP contribution is -2.34. The Kier molecular flexibility index (Phi) is 6.29. The number of nitriles is 1. The van der Waals surface area contributed by atoms with Crippen LogP contribution in [0.25, 0.3) is 17.3 Å². The van der Waals surface area contributed by atoms with Gasteiger partial charge in [-0.25, -0.2) is 4.79 Å². The van der Waals surface area contributed by atoms with Crippen LogP contribution in [0.1, 0.15) is 11.3 Å². The monoisotopic (exact) mass is 423 g/mol. The first-order valence-corrected chi connectivity index (χ1v) is 9.59. The van der Waals surface area contributed by atoms with Crippen molar-refractivity contribution in [1.82, 2.24) is 9.88 Å². The molecule has 0 radical (unpaired) electrons. The zero-order chi connectivity index (χ0) is 21.7. The minimum Gasteiger partial charge on any atom is -0.467 e. The van der Waals surface area contributed by atoms with Crippen molar-refractivity contribution < 1.29 is 18.7 Å². The van der Waals surface area contributed by atoms with Crippen molar-refractivity contribution in [3.63, 3.8) is 0 Å². The topological polar surface area (TPSA) is 114 Å². The number of esters is 1. The molecule has 0 unspecified atom stereocenters. The largest absolute Gasteiger partial charge is 0.467 e. The van der Waals surface area contributed by atoms with Gasteiger partial charge in [0.15, 0.2) is 5.57 Å². The Morgan fingerprint density at radius 1 is 1.30 bits per heavy atom. The molecule has 0 aliphatic carbocycles. The third-order valence-electron chi connectivity index (χ3n) is 4.12. The summed E-state index contributed by atoms with van der Waals surface area (Å²) < 4.78 is 11.2. The van der Waals surface area contributed by atoms with Gasteiger partial charge in [-0.1, -0.05) is 17.7 Å². The number of nitrogens with zero attached hydrogens (tertiary/aromatic N) is 2. The number of rotatable bonds is 5. The zero-order valence-corrected chi connectivity index (χ0v) is 17.0. The molecule has 2 aromatic heterocycles. The van der Waals surface area contributed by atoms with E-state index in [2.05, 4.69) is 10.1 Å². The molecular formula is C21H17N3O5S. The quantitative estimate of drug-likeness (QED) is 0.606. The van der Waals surface area contributed by atoms with Gasteiger partial charge >= 0.3 is 5.97 Å². The molecule has 30 heavy (non-hydrogen) atoms. The van der Waals surface area contributed by atoms with Crippen LogP contribution in [0.3, 0.4) is 0 Å². The van der Waals surface area contributed by atoms with E-state index in [1.54, 1.807) is 36.4 Å². The van der Waals surface area contributed by atoms with Gasteiger partial charge in [0.05, 0.1) is 25.6 Å². The number of thiazole rings is 1. The van der Waals surface area contributed by atoms with Crippen LogP contribution in [0.2, 0.25) is 0 Å². The average Bonchev–Trinajstić information content (AvgIpc) is 3.36. The molecule has 0 fully saturated rings. The van der Waals surface area contributed by atoms with Gasteiger partial charge in [-0.15, -0.1) is 11.3 Å². The van der Waals surface area contributed by atoms with E-state index in [0.717, 1.165) is 23.0 Å². The minimum atomic E-state index is -0.711. The molecule has 0 aliphatic heterocycles. The molecule has 1 amide bonds. The number of amides is 1. The number of aromatic nitrogens is 1. The molecule has 3 rings (SSSR count). The van der Waals surface area contributed by atoms with Crippen molar-refractivity contribution in [3.8, 4) is 11.8 Å². The summed E-state index contributed by atoms with van der Waals surface area (Å²) in [5, 5.41) is 12.3. The van der Waals surface area contributed by atoms with Gasteiger partial charge in [-0.2, -0.15) is 5.26 Å². The van der Waals surface area contributed by atoms with Crippen molar-refractivity contribution in [2.24, 2.45) is 0 Å². The number of carbonyl (C=O) groups excluding carboxylic acids is 2. The number of carbonyl (C=O) groups is 2. The normalized spacial score (nSPS) is 12.2. The van der Waals surface area contributed by atoms with E-state index in [4.69, 9.17) is 4.42 Å². The molecule has 0 saturated carbocycles. The predicted molar refractivity (Wildman–Crippen MR) is 110 cm³/mol. The highest BCUT2D eigenvalue weighted by Gasteiger charge is 2.17. The first kappa shape index (κ1) is 20.8. The summed E-state index contributed by atoms with van der Waals surface area (Å²) in [6, 6.07) is 12.2. The number of furan rings is 1. The van der Waals surface area contributed by atoms with Crippen LogP contribution < -0.4 is 20.1 Å². The highest BCUT2D eigenvalue weighted by atomic mass is 32.1. The number of hydrogen-bond donors (Lipinski definition) is 1. The second-order valence-corrected chi connectivity index (χ2v) is 7.19.